The van der Waals surface area contributed by atoms with Gasteiger partial charge in [-0.15, -0.1) is 0 Å². The summed E-state index contributed by atoms with van der Waals surface area (Å²) < 4.78 is 29.4. The van der Waals surface area contributed by atoms with Gasteiger partial charge in [-0.2, -0.15) is 0 Å². The molecule has 0 spiro atoms. The van der Waals surface area contributed by atoms with Gasteiger partial charge in [0.25, 0.3) is 5.91 Å². The third kappa shape index (κ3) is 4.96. The number of carbonyl (C=O) groups is 2. The van der Waals surface area contributed by atoms with Crippen molar-refractivity contribution < 1.29 is 28.2 Å². The summed E-state index contributed by atoms with van der Waals surface area (Å²) in [6.45, 7) is 3.08. The number of nitrogens with one attached hydrogen (secondary N) is 1. The van der Waals surface area contributed by atoms with Crippen LogP contribution in [0.25, 0.3) is 0 Å². The maximum atomic E-state index is 13.0. The Hall–Kier alpha value is -3.29. The third-order valence-corrected chi connectivity index (χ3v) is 4.48. The highest BCUT2D eigenvalue weighted by Gasteiger charge is 2.24. The Morgan fingerprint density at radius 1 is 1.17 bits per heavy atom. The molecule has 1 heterocycles. The van der Waals surface area contributed by atoms with Crippen LogP contribution in [-0.4, -0.2) is 50.1 Å². The lowest BCUT2D eigenvalue weighted by molar-refractivity contribution is -0.121. The van der Waals surface area contributed by atoms with Gasteiger partial charge in [0.1, 0.15) is 19.0 Å². The number of amides is 2. The number of hydrogen-bond donors (Lipinski definition) is 1. The van der Waals surface area contributed by atoms with E-state index in [0.29, 0.717) is 42.6 Å². The van der Waals surface area contributed by atoms with Crippen LogP contribution in [0.2, 0.25) is 0 Å². The van der Waals surface area contributed by atoms with Crippen molar-refractivity contribution in [3.63, 3.8) is 0 Å². The number of ether oxygens (including phenoxy) is 3. The first-order valence-corrected chi connectivity index (χ1v) is 9.30. The van der Waals surface area contributed by atoms with Crippen LogP contribution in [0.1, 0.15) is 22.8 Å². The molecule has 3 rings (SSSR count). The van der Waals surface area contributed by atoms with Gasteiger partial charge in [-0.05, 0) is 36.8 Å². The smallest absolute Gasteiger partial charge is 0.254 e. The molecule has 0 unspecified atom stereocenters. The highest BCUT2D eigenvalue weighted by Crippen LogP contribution is 2.40. The first-order valence-electron chi connectivity index (χ1n) is 9.30. The van der Waals surface area contributed by atoms with Crippen molar-refractivity contribution in [2.75, 3.05) is 33.4 Å². The van der Waals surface area contributed by atoms with Crippen molar-refractivity contribution in [3.05, 3.63) is 53.3 Å². The maximum Gasteiger partial charge on any atom is 0.254 e. The molecule has 1 aliphatic heterocycles. The fourth-order valence-electron chi connectivity index (χ4n) is 2.94. The molecule has 0 fully saturated rings. The Kier molecular flexibility index (Phi) is 6.54. The molecule has 1 aliphatic rings. The van der Waals surface area contributed by atoms with Crippen LogP contribution in [0.5, 0.6) is 17.2 Å². The fourth-order valence-corrected chi connectivity index (χ4v) is 2.94. The molecule has 0 radical (unpaired) electrons. The lowest BCUT2D eigenvalue weighted by Crippen LogP contribution is -2.40. The summed E-state index contributed by atoms with van der Waals surface area (Å²) in [7, 11) is 1.49. The summed E-state index contributed by atoms with van der Waals surface area (Å²) in [4.78, 5) is 26.6. The molecule has 2 aromatic carbocycles. The van der Waals surface area contributed by atoms with Crippen LogP contribution in [0.15, 0.2) is 36.4 Å². The summed E-state index contributed by atoms with van der Waals surface area (Å²) in [5.74, 6) is 0.347. The van der Waals surface area contributed by atoms with Crippen LogP contribution in [-0.2, 0) is 11.3 Å². The number of rotatable bonds is 7. The Morgan fingerprint density at radius 3 is 2.59 bits per heavy atom. The second-order valence-electron chi connectivity index (χ2n) is 6.43. The summed E-state index contributed by atoms with van der Waals surface area (Å²) in [6.07, 6.45) is 0. The van der Waals surface area contributed by atoms with E-state index < -0.39 is 0 Å². The predicted molar refractivity (Wildman–Crippen MR) is 104 cm³/mol. The molecule has 0 saturated carbocycles. The fraction of sp³-hybridized carbons (Fsp3) is 0.333. The third-order valence-electron chi connectivity index (χ3n) is 4.48. The first-order chi connectivity index (χ1) is 14.0. The average Bonchev–Trinajstić information content (AvgIpc) is 2.75. The van der Waals surface area contributed by atoms with E-state index in [1.54, 1.807) is 31.2 Å². The molecular formula is C21H23FN2O5. The van der Waals surface area contributed by atoms with Crippen molar-refractivity contribution >= 4 is 11.8 Å². The van der Waals surface area contributed by atoms with Crippen molar-refractivity contribution in [2.45, 2.75) is 13.5 Å². The summed E-state index contributed by atoms with van der Waals surface area (Å²) in [5, 5.41) is 2.74. The van der Waals surface area contributed by atoms with Gasteiger partial charge in [0.15, 0.2) is 11.5 Å². The zero-order valence-corrected chi connectivity index (χ0v) is 16.4. The number of benzene rings is 2. The molecule has 7 nitrogen and oxygen atoms in total. The van der Waals surface area contributed by atoms with Gasteiger partial charge in [0, 0.05) is 18.7 Å². The van der Waals surface area contributed by atoms with Crippen LogP contribution >= 0.6 is 0 Å². The zero-order chi connectivity index (χ0) is 20.8. The van der Waals surface area contributed by atoms with E-state index in [0.717, 1.165) is 5.56 Å². The van der Waals surface area contributed by atoms with E-state index in [-0.39, 0.29) is 30.7 Å². The standard InChI is InChI=1S/C21H23FN2O5/c1-3-24(13-19(25)23-12-14-4-6-16(22)7-5-14)21(26)15-10-17(27-2)20-18(11-15)28-8-9-29-20/h4-7,10-11H,3,8-9,12-13H2,1-2H3,(H,23,25). The lowest BCUT2D eigenvalue weighted by atomic mass is 10.1. The van der Waals surface area contributed by atoms with E-state index in [1.807, 2.05) is 0 Å². The minimum Gasteiger partial charge on any atom is -0.493 e. The molecule has 2 aromatic rings. The second kappa shape index (κ2) is 9.27. The SMILES string of the molecule is CCN(CC(=O)NCc1ccc(F)cc1)C(=O)c1cc(OC)c2c(c1)OCCO2. The predicted octanol–water partition coefficient (Wildman–Crippen LogP) is 2.38. The number of carbonyl (C=O) groups excluding carboxylic acids is 2. The molecule has 154 valence electrons. The Bertz CT molecular complexity index is 868. The first kappa shape index (κ1) is 20.4. The molecule has 0 aliphatic carbocycles. The molecule has 0 saturated heterocycles. The van der Waals surface area contributed by atoms with E-state index in [2.05, 4.69) is 5.32 Å². The average molecular weight is 402 g/mol. The van der Waals surface area contributed by atoms with Gasteiger partial charge in [0.2, 0.25) is 11.7 Å². The number of methoxy groups -OCH3 is 1. The van der Waals surface area contributed by atoms with Crippen LogP contribution in [0, 0.1) is 5.82 Å². The quantitative estimate of drug-likeness (QED) is 0.770. The maximum absolute atomic E-state index is 13.0. The van der Waals surface area contributed by atoms with E-state index >= 15 is 0 Å². The van der Waals surface area contributed by atoms with Crippen LogP contribution in [0.4, 0.5) is 4.39 Å². The Morgan fingerprint density at radius 2 is 1.90 bits per heavy atom. The molecule has 0 bridgehead atoms. The van der Waals surface area contributed by atoms with E-state index in [1.165, 1.54) is 24.1 Å². The van der Waals surface area contributed by atoms with Crippen molar-refractivity contribution in [1.29, 1.82) is 0 Å². The van der Waals surface area contributed by atoms with Crippen LogP contribution in [0.3, 0.4) is 0 Å². The molecule has 8 heteroatoms. The van der Waals surface area contributed by atoms with Gasteiger partial charge in [-0.3, -0.25) is 9.59 Å². The summed E-state index contributed by atoms with van der Waals surface area (Å²) >= 11 is 0. The van der Waals surface area contributed by atoms with Crippen molar-refractivity contribution in [1.82, 2.24) is 10.2 Å². The summed E-state index contributed by atoms with van der Waals surface area (Å²) in [5.41, 5.74) is 1.12. The van der Waals surface area contributed by atoms with Crippen molar-refractivity contribution in [2.24, 2.45) is 0 Å². The topological polar surface area (TPSA) is 77.1 Å². The number of hydrogen-bond acceptors (Lipinski definition) is 5. The number of nitrogens with zero attached hydrogens (tertiary/aromatic N) is 1. The minimum absolute atomic E-state index is 0.104. The van der Waals surface area contributed by atoms with Crippen LogP contribution < -0.4 is 19.5 Å². The zero-order valence-electron chi connectivity index (χ0n) is 16.4. The van der Waals surface area contributed by atoms with Gasteiger partial charge in [-0.1, -0.05) is 12.1 Å². The number of fused-ring (bicyclic) bond motifs is 1. The molecule has 0 aromatic heterocycles. The lowest BCUT2D eigenvalue weighted by Gasteiger charge is -2.24. The van der Waals surface area contributed by atoms with Gasteiger partial charge < -0.3 is 24.4 Å². The van der Waals surface area contributed by atoms with Gasteiger partial charge in [0.05, 0.1) is 13.7 Å². The largest absolute Gasteiger partial charge is 0.493 e. The number of likely N-dealkylation sites (N-methyl/N-ethyl adjacent to an activating group) is 1. The molecular weight excluding hydrogens is 379 g/mol. The highest BCUT2D eigenvalue weighted by atomic mass is 19.1. The Labute approximate surface area is 168 Å². The molecule has 2 amide bonds. The van der Waals surface area contributed by atoms with Gasteiger partial charge >= 0.3 is 0 Å². The second-order valence-corrected chi connectivity index (χ2v) is 6.43. The molecule has 0 atom stereocenters. The monoisotopic (exact) mass is 402 g/mol. The minimum atomic E-state index is -0.335. The van der Waals surface area contributed by atoms with E-state index in [4.69, 9.17) is 14.2 Å². The summed E-state index contributed by atoms with van der Waals surface area (Å²) in [6, 6.07) is 9.03. The molecule has 29 heavy (non-hydrogen) atoms. The Balaban J connectivity index is 1.66. The van der Waals surface area contributed by atoms with Crippen molar-refractivity contribution in [3.8, 4) is 17.2 Å². The number of halogens is 1. The highest BCUT2D eigenvalue weighted by molar-refractivity contribution is 5.97. The van der Waals surface area contributed by atoms with E-state index in [9.17, 15) is 14.0 Å². The van der Waals surface area contributed by atoms with Gasteiger partial charge in [-0.25, -0.2) is 4.39 Å². The normalized spacial score (nSPS) is 12.2. The molecule has 1 N–H and O–H groups in total.